The zero-order valence-corrected chi connectivity index (χ0v) is 43.6. The van der Waals surface area contributed by atoms with Gasteiger partial charge in [0.05, 0.1) is 27.7 Å². The summed E-state index contributed by atoms with van der Waals surface area (Å²) in [4.78, 5) is 37.8. The van der Waals surface area contributed by atoms with Crippen LogP contribution in [0.5, 0.6) is 0 Å². The number of rotatable bonds is 50. The van der Waals surface area contributed by atoms with Crippen LogP contribution in [0, 0.1) is 0 Å². The quantitative estimate of drug-likeness (QED) is 0.0195. The van der Waals surface area contributed by atoms with E-state index < -0.39 is 26.5 Å². The molecule has 0 aliphatic heterocycles. The van der Waals surface area contributed by atoms with Crippen LogP contribution in [0.3, 0.4) is 0 Å². The minimum atomic E-state index is -4.63. The van der Waals surface area contributed by atoms with Crippen molar-refractivity contribution in [2.75, 3.05) is 47.5 Å². The Morgan fingerprint density at radius 3 is 1.27 bits per heavy atom. The summed E-state index contributed by atoms with van der Waals surface area (Å²) < 4.78 is 34.1. The first kappa shape index (κ1) is 62.5. The standard InChI is InChI=1S/C54H104NO8P/c1-6-8-10-12-14-16-18-20-22-24-25-26-27-28-29-31-32-34-36-38-40-42-44-46-53(56)60-50-52(51-62-64(58,59)61-49-48-55(3,4)5)63-54(57)47-45-43-41-39-37-35-33-30-23-21-19-17-15-13-11-9-7-2/h15,17,21,23,52H,6-14,16,18-20,22,24-51H2,1-5H3/b17-15+,23-21+/t52-/m0/s1. The van der Waals surface area contributed by atoms with Crippen LogP contribution in [0.4, 0.5) is 0 Å². The molecule has 378 valence electrons. The molecule has 0 heterocycles. The fraction of sp³-hybridized carbons (Fsp3) is 0.889. The molecular formula is C54H104NO8P. The van der Waals surface area contributed by atoms with E-state index in [9.17, 15) is 19.0 Å². The minimum absolute atomic E-state index is 0.0303. The second-order valence-corrected chi connectivity index (χ2v) is 21.0. The maximum absolute atomic E-state index is 12.7. The first-order valence-electron chi connectivity index (χ1n) is 27.0. The highest BCUT2D eigenvalue weighted by molar-refractivity contribution is 7.45. The number of esters is 2. The molecule has 0 saturated heterocycles. The van der Waals surface area contributed by atoms with E-state index in [1.54, 1.807) is 0 Å². The Bertz CT molecular complexity index is 1140. The number of allylic oxidation sites excluding steroid dienone is 4. The number of carbonyl (C=O) groups excluding carboxylic acids is 2. The van der Waals surface area contributed by atoms with Gasteiger partial charge < -0.3 is 27.9 Å². The highest BCUT2D eigenvalue weighted by Crippen LogP contribution is 2.38. The highest BCUT2D eigenvalue weighted by atomic mass is 31.2. The largest absolute Gasteiger partial charge is 0.756 e. The van der Waals surface area contributed by atoms with E-state index in [0.29, 0.717) is 17.4 Å². The summed E-state index contributed by atoms with van der Waals surface area (Å²) in [5.41, 5.74) is 0. The van der Waals surface area contributed by atoms with Gasteiger partial charge in [-0.1, -0.05) is 224 Å². The number of hydrogen-bond donors (Lipinski definition) is 0. The predicted molar refractivity (Wildman–Crippen MR) is 268 cm³/mol. The lowest BCUT2D eigenvalue weighted by Gasteiger charge is -2.28. The third kappa shape index (κ3) is 49.9. The van der Waals surface area contributed by atoms with Gasteiger partial charge in [0.25, 0.3) is 7.82 Å². The monoisotopic (exact) mass is 926 g/mol. The first-order chi connectivity index (χ1) is 31.0. The average Bonchev–Trinajstić information content (AvgIpc) is 3.25. The van der Waals surface area contributed by atoms with Crippen molar-refractivity contribution in [1.29, 1.82) is 0 Å². The van der Waals surface area contributed by atoms with Gasteiger partial charge in [0, 0.05) is 12.8 Å². The molecule has 0 bridgehead atoms. The van der Waals surface area contributed by atoms with Crippen molar-refractivity contribution in [3.63, 3.8) is 0 Å². The van der Waals surface area contributed by atoms with Crippen LogP contribution in [0.25, 0.3) is 0 Å². The lowest BCUT2D eigenvalue weighted by atomic mass is 10.0. The average molecular weight is 926 g/mol. The van der Waals surface area contributed by atoms with Crippen LogP contribution in [-0.4, -0.2) is 70.0 Å². The van der Waals surface area contributed by atoms with Crippen LogP contribution in [-0.2, 0) is 32.7 Å². The zero-order chi connectivity index (χ0) is 47.1. The molecule has 0 aromatic heterocycles. The number of unbranched alkanes of at least 4 members (excludes halogenated alkanes) is 32. The maximum atomic E-state index is 12.7. The van der Waals surface area contributed by atoms with Crippen molar-refractivity contribution in [2.24, 2.45) is 0 Å². The summed E-state index contributed by atoms with van der Waals surface area (Å²) in [5.74, 6) is -0.830. The maximum Gasteiger partial charge on any atom is 0.306 e. The molecule has 0 rings (SSSR count). The lowest BCUT2D eigenvalue weighted by Crippen LogP contribution is -2.37. The predicted octanol–water partition coefficient (Wildman–Crippen LogP) is 15.6. The summed E-state index contributed by atoms with van der Waals surface area (Å²) in [6.45, 7) is 4.24. The van der Waals surface area contributed by atoms with Crippen LogP contribution >= 0.6 is 7.82 Å². The van der Waals surface area contributed by atoms with Gasteiger partial charge in [-0.05, 0) is 44.9 Å². The summed E-state index contributed by atoms with van der Waals surface area (Å²) in [6, 6.07) is 0. The molecule has 0 saturated carbocycles. The number of likely N-dealkylation sites (N-methyl/N-ethyl adjacent to an activating group) is 1. The van der Waals surface area contributed by atoms with Gasteiger partial charge in [-0.2, -0.15) is 0 Å². The van der Waals surface area contributed by atoms with Crippen LogP contribution in [0.15, 0.2) is 24.3 Å². The van der Waals surface area contributed by atoms with Gasteiger partial charge in [0.2, 0.25) is 0 Å². The molecule has 0 fully saturated rings. The van der Waals surface area contributed by atoms with Crippen molar-refractivity contribution in [3.05, 3.63) is 24.3 Å². The first-order valence-corrected chi connectivity index (χ1v) is 28.5. The van der Waals surface area contributed by atoms with Gasteiger partial charge in [-0.3, -0.25) is 14.2 Å². The number of carbonyl (C=O) groups is 2. The van der Waals surface area contributed by atoms with E-state index in [4.69, 9.17) is 18.5 Å². The number of hydrogen-bond acceptors (Lipinski definition) is 8. The SMILES string of the molecule is CCCCC/C=C/C/C=C/CCCCCCCCCC(=O)O[C@@H](COC(=O)CCCCCCCCCCCCCCCCCCCCCCCCC)COP(=O)([O-])OCC[N+](C)(C)C. The van der Waals surface area contributed by atoms with Gasteiger partial charge >= 0.3 is 11.9 Å². The van der Waals surface area contributed by atoms with E-state index in [0.717, 1.165) is 51.4 Å². The molecule has 0 aromatic carbocycles. The number of ether oxygens (including phenoxy) is 2. The summed E-state index contributed by atoms with van der Waals surface area (Å²) in [7, 11) is 1.17. The second-order valence-electron chi connectivity index (χ2n) is 19.6. The van der Waals surface area contributed by atoms with Crippen LogP contribution in [0.1, 0.15) is 258 Å². The van der Waals surface area contributed by atoms with E-state index in [-0.39, 0.29) is 32.0 Å². The third-order valence-electron chi connectivity index (χ3n) is 12.0. The molecule has 0 aliphatic rings. The smallest absolute Gasteiger partial charge is 0.306 e. The fourth-order valence-corrected chi connectivity index (χ4v) is 8.48. The molecule has 1 unspecified atom stereocenters. The molecule has 0 N–H and O–H groups in total. The number of quaternary nitrogens is 1. The van der Waals surface area contributed by atoms with Crippen LogP contribution < -0.4 is 4.89 Å². The lowest BCUT2D eigenvalue weighted by molar-refractivity contribution is -0.870. The molecule has 0 aliphatic carbocycles. The molecule has 64 heavy (non-hydrogen) atoms. The Morgan fingerprint density at radius 2 is 0.844 bits per heavy atom. The van der Waals surface area contributed by atoms with Gasteiger partial charge in [0.1, 0.15) is 19.8 Å². The molecule has 10 heteroatoms. The number of phosphoric ester groups is 1. The van der Waals surface area contributed by atoms with Crippen molar-refractivity contribution in [3.8, 4) is 0 Å². The van der Waals surface area contributed by atoms with Crippen molar-refractivity contribution in [2.45, 2.75) is 264 Å². The molecular weight excluding hydrogens is 822 g/mol. The van der Waals surface area contributed by atoms with E-state index >= 15 is 0 Å². The normalized spacial score (nSPS) is 13.5. The van der Waals surface area contributed by atoms with Gasteiger partial charge in [0.15, 0.2) is 6.10 Å². The zero-order valence-electron chi connectivity index (χ0n) is 42.7. The van der Waals surface area contributed by atoms with E-state index in [1.165, 1.54) is 173 Å². The Morgan fingerprint density at radius 1 is 0.484 bits per heavy atom. The molecule has 0 spiro atoms. The Kier molecular flexibility index (Phi) is 45.5. The molecule has 9 nitrogen and oxygen atoms in total. The Labute approximate surface area is 396 Å². The van der Waals surface area contributed by atoms with E-state index in [2.05, 4.69) is 38.2 Å². The van der Waals surface area contributed by atoms with Gasteiger partial charge in [-0.15, -0.1) is 0 Å². The topological polar surface area (TPSA) is 111 Å². The Balaban J connectivity index is 4.16. The van der Waals surface area contributed by atoms with Crippen molar-refractivity contribution < 1.29 is 42.1 Å². The van der Waals surface area contributed by atoms with Crippen molar-refractivity contribution in [1.82, 2.24) is 0 Å². The fourth-order valence-electron chi connectivity index (χ4n) is 7.75. The van der Waals surface area contributed by atoms with Crippen LogP contribution in [0.2, 0.25) is 0 Å². The Hall–Kier alpha value is -1.51. The number of nitrogens with zero attached hydrogens (tertiary/aromatic N) is 1. The van der Waals surface area contributed by atoms with Gasteiger partial charge in [-0.25, -0.2) is 0 Å². The summed E-state index contributed by atoms with van der Waals surface area (Å²) in [6.07, 6.45) is 53.6. The molecule has 2 atom stereocenters. The number of phosphoric acid groups is 1. The molecule has 0 amide bonds. The van der Waals surface area contributed by atoms with Crippen molar-refractivity contribution >= 4 is 19.8 Å². The third-order valence-corrected chi connectivity index (χ3v) is 12.9. The summed E-state index contributed by atoms with van der Waals surface area (Å²) >= 11 is 0. The highest BCUT2D eigenvalue weighted by Gasteiger charge is 2.21. The molecule has 0 radical (unpaired) electrons. The summed E-state index contributed by atoms with van der Waals surface area (Å²) in [5, 5.41) is 0. The molecule has 0 aromatic rings. The van der Waals surface area contributed by atoms with E-state index in [1.807, 2.05) is 21.1 Å². The second kappa shape index (κ2) is 46.6. The minimum Gasteiger partial charge on any atom is -0.756 e.